The van der Waals surface area contributed by atoms with Crippen molar-refractivity contribution < 1.29 is 0 Å². The molecule has 1 N–H and O–H groups in total. The molecule has 0 aromatic heterocycles. The Morgan fingerprint density at radius 1 is 1.17 bits per heavy atom. The van der Waals surface area contributed by atoms with Crippen LogP contribution in [-0.4, -0.2) is 37.1 Å². The van der Waals surface area contributed by atoms with Crippen molar-refractivity contribution in [3.8, 4) is 0 Å². The lowest BCUT2D eigenvalue weighted by Crippen LogP contribution is -2.48. The van der Waals surface area contributed by atoms with Crippen LogP contribution in [0.15, 0.2) is 0 Å². The van der Waals surface area contributed by atoms with Crippen LogP contribution in [0.25, 0.3) is 0 Å². The van der Waals surface area contributed by atoms with Crippen LogP contribution in [-0.2, 0) is 0 Å². The first kappa shape index (κ1) is 16.0. The summed E-state index contributed by atoms with van der Waals surface area (Å²) in [6, 6.07) is 0.601. The predicted octanol–water partition coefficient (Wildman–Crippen LogP) is 3.52. The maximum Gasteiger partial charge on any atom is 0.0243 e. The molecule has 1 atom stereocenters. The molecule has 1 heterocycles. The van der Waals surface area contributed by atoms with Crippen LogP contribution in [0.1, 0.15) is 60.8 Å². The van der Waals surface area contributed by atoms with Gasteiger partial charge in [-0.25, -0.2) is 0 Å². The fraction of sp³-hybridized carbons (Fsp3) is 1.00. The molecule has 0 spiro atoms. The molecule has 0 bridgehead atoms. The van der Waals surface area contributed by atoms with Gasteiger partial charge in [0.05, 0.1) is 0 Å². The van der Waals surface area contributed by atoms with Gasteiger partial charge in [-0.2, -0.15) is 0 Å². The number of rotatable bonds is 4. The minimum Gasteiger partial charge on any atom is -0.312 e. The highest BCUT2D eigenvalue weighted by atomic mass is 15.2. The van der Waals surface area contributed by atoms with Crippen molar-refractivity contribution in [1.29, 1.82) is 0 Å². The van der Waals surface area contributed by atoms with Gasteiger partial charge in [0.15, 0.2) is 0 Å². The Kier molecular flexibility index (Phi) is 5.67. The van der Waals surface area contributed by atoms with E-state index < -0.39 is 0 Å². The van der Waals surface area contributed by atoms with Gasteiger partial charge < -0.3 is 10.2 Å². The van der Waals surface area contributed by atoms with Gasteiger partial charge in [0.2, 0.25) is 0 Å². The molecule has 108 valence electrons. The SMILES string of the molecule is CCNC(CN1CCCC(C)(C)CC1)C(C)(C)C. The van der Waals surface area contributed by atoms with Crippen LogP contribution in [0.3, 0.4) is 0 Å². The Morgan fingerprint density at radius 2 is 1.83 bits per heavy atom. The van der Waals surface area contributed by atoms with E-state index in [0.717, 1.165) is 6.54 Å². The summed E-state index contributed by atoms with van der Waals surface area (Å²) < 4.78 is 0. The minimum atomic E-state index is 0.345. The normalized spacial score (nSPS) is 23.7. The molecule has 1 aliphatic rings. The summed E-state index contributed by atoms with van der Waals surface area (Å²) in [7, 11) is 0. The molecule has 2 heteroatoms. The number of likely N-dealkylation sites (tertiary alicyclic amines) is 1. The van der Waals surface area contributed by atoms with Crippen LogP contribution in [0.5, 0.6) is 0 Å². The Balaban J connectivity index is 2.54. The highest BCUT2D eigenvalue weighted by Gasteiger charge is 2.28. The second-order valence-electron chi connectivity index (χ2n) is 7.79. The first-order valence-corrected chi connectivity index (χ1v) is 7.70. The van der Waals surface area contributed by atoms with Crippen molar-refractivity contribution in [2.24, 2.45) is 10.8 Å². The van der Waals surface area contributed by atoms with E-state index in [0.29, 0.717) is 16.9 Å². The molecule has 0 aromatic carbocycles. The summed E-state index contributed by atoms with van der Waals surface area (Å²) in [5.41, 5.74) is 0.891. The quantitative estimate of drug-likeness (QED) is 0.826. The summed E-state index contributed by atoms with van der Waals surface area (Å²) in [6.45, 7) is 18.9. The average molecular weight is 254 g/mol. The van der Waals surface area contributed by atoms with Crippen LogP contribution in [0.2, 0.25) is 0 Å². The second kappa shape index (κ2) is 6.38. The van der Waals surface area contributed by atoms with E-state index in [2.05, 4.69) is 51.8 Å². The molecule has 0 saturated carbocycles. The summed E-state index contributed by atoms with van der Waals surface area (Å²) in [4.78, 5) is 2.67. The Bertz CT molecular complexity index is 240. The van der Waals surface area contributed by atoms with Gasteiger partial charge in [-0.05, 0) is 49.7 Å². The summed E-state index contributed by atoms with van der Waals surface area (Å²) in [5.74, 6) is 0. The minimum absolute atomic E-state index is 0.345. The second-order valence-corrected chi connectivity index (χ2v) is 7.79. The molecule has 0 radical (unpaired) electrons. The number of nitrogens with zero attached hydrogens (tertiary/aromatic N) is 1. The Morgan fingerprint density at radius 3 is 2.39 bits per heavy atom. The Labute approximate surface area is 115 Å². The molecular formula is C16H34N2. The average Bonchev–Trinajstić information content (AvgIpc) is 2.38. The molecule has 1 saturated heterocycles. The number of nitrogens with one attached hydrogen (secondary N) is 1. The fourth-order valence-corrected chi connectivity index (χ4v) is 2.81. The van der Waals surface area contributed by atoms with Crippen LogP contribution in [0.4, 0.5) is 0 Å². The van der Waals surface area contributed by atoms with Crippen molar-refractivity contribution in [2.45, 2.75) is 66.8 Å². The van der Waals surface area contributed by atoms with Gasteiger partial charge in [-0.1, -0.05) is 41.5 Å². The molecule has 0 amide bonds. The number of hydrogen-bond donors (Lipinski definition) is 1. The van der Waals surface area contributed by atoms with Gasteiger partial charge >= 0.3 is 0 Å². The molecular weight excluding hydrogens is 220 g/mol. The highest BCUT2D eigenvalue weighted by Crippen LogP contribution is 2.30. The number of hydrogen-bond acceptors (Lipinski definition) is 2. The highest BCUT2D eigenvalue weighted by molar-refractivity contribution is 4.85. The molecule has 1 aliphatic heterocycles. The summed E-state index contributed by atoms with van der Waals surface area (Å²) >= 11 is 0. The first-order chi connectivity index (χ1) is 8.24. The van der Waals surface area contributed by atoms with Crippen molar-refractivity contribution in [3.63, 3.8) is 0 Å². The Hall–Kier alpha value is -0.0800. The summed E-state index contributed by atoms with van der Waals surface area (Å²) in [6.07, 6.45) is 4.08. The lowest BCUT2D eigenvalue weighted by molar-refractivity contribution is 0.173. The predicted molar refractivity (Wildman–Crippen MR) is 81.0 cm³/mol. The lowest BCUT2D eigenvalue weighted by Gasteiger charge is -2.36. The van der Waals surface area contributed by atoms with E-state index in [4.69, 9.17) is 0 Å². The zero-order valence-electron chi connectivity index (χ0n) is 13.5. The molecule has 2 nitrogen and oxygen atoms in total. The van der Waals surface area contributed by atoms with E-state index >= 15 is 0 Å². The largest absolute Gasteiger partial charge is 0.312 e. The van der Waals surface area contributed by atoms with Gasteiger partial charge in [0.1, 0.15) is 0 Å². The van der Waals surface area contributed by atoms with Crippen LogP contribution in [0, 0.1) is 10.8 Å². The van der Waals surface area contributed by atoms with E-state index in [1.165, 1.54) is 38.9 Å². The topological polar surface area (TPSA) is 15.3 Å². The molecule has 1 fully saturated rings. The fourth-order valence-electron chi connectivity index (χ4n) is 2.81. The maximum atomic E-state index is 3.67. The van der Waals surface area contributed by atoms with Crippen molar-refractivity contribution >= 4 is 0 Å². The molecule has 1 unspecified atom stereocenters. The van der Waals surface area contributed by atoms with Gasteiger partial charge in [0.25, 0.3) is 0 Å². The summed E-state index contributed by atoms with van der Waals surface area (Å²) in [5, 5.41) is 3.67. The third-order valence-electron chi connectivity index (χ3n) is 4.37. The molecule has 1 rings (SSSR count). The molecule has 0 aromatic rings. The van der Waals surface area contributed by atoms with Gasteiger partial charge in [-0.3, -0.25) is 0 Å². The lowest BCUT2D eigenvalue weighted by atomic mass is 9.85. The third kappa shape index (κ3) is 5.27. The van der Waals surface area contributed by atoms with Gasteiger partial charge in [0, 0.05) is 12.6 Å². The van der Waals surface area contributed by atoms with Crippen molar-refractivity contribution in [3.05, 3.63) is 0 Å². The zero-order chi connectivity index (χ0) is 13.8. The standard InChI is InChI=1S/C16H34N2/c1-7-17-14(15(2,3)4)13-18-11-8-9-16(5,6)10-12-18/h14,17H,7-13H2,1-6H3. The smallest absolute Gasteiger partial charge is 0.0243 e. The maximum absolute atomic E-state index is 3.67. The van der Waals surface area contributed by atoms with E-state index in [-0.39, 0.29) is 0 Å². The van der Waals surface area contributed by atoms with E-state index in [1.807, 2.05) is 0 Å². The van der Waals surface area contributed by atoms with Gasteiger partial charge in [-0.15, -0.1) is 0 Å². The van der Waals surface area contributed by atoms with Crippen molar-refractivity contribution in [1.82, 2.24) is 10.2 Å². The first-order valence-electron chi connectivity index (χ1n) is 7.70. The number of likely N-dealkylation sites (N-methyl/N-ethyl adjacent to an activating group) is 1. The van der Waals surface area contributed by atoms with E-state index in [1.54, 1.807) is 0 Å². The van der Waals surface area contributed by atoms with E-state index in [9.17, 15) is 0 Å². The third-order valence-corrected chi connectivity index (χ3v) is 4.37. The molecule has 0 aliphatic carbocycles. The zero-order valence-corrected chi connectivity index (χ0v) is 13.5. The molecule has 18 heavy (non-hydrogen) atoms. The van der Waals surface area contributed by atoms with Crippen LogP contribution >= 0.6 is 0 Å². The monoisotopic (exact) mass is 254 g/mol. The van der Waals surface area contributed by atoms with Crippen LogP contribution < -0.4 is 5.32 Å². The van der Waals surface area contributed by atoms with Crippen molar-refractivity contribution in [2.75, 3.05) is 26.2 Å².